The molecule has 3 rings (SSSR count). The SMILES string of the molecule is Cc1cc(Nc2ccc(NCCCn3ccnc3)cc2)c(O)cc1N. The van der Waals surface area contributed by atoms with Gasteiger partial charge in [0.2, 0.25) is 0 Å². The largest absolute Gasteiger partial charge is 0.506 e. The Morgan fingerprint density at radius 1 is 1.16 bits per heavy atom. The average Bonchev–Trinajstić information content (AvgIpc) is 3.11. The summed E-state index contributed by atoms with van der Waals surface area (Å²) >= 11 is 0. The Hall–Kier alpha value is -3.15. The minimum atomic E-state index is 0.143. The molecule has 0 atom stereocenters. The molecule has 1 aromatic heterocycles. The highest BCUT2D eigenvalue weighted by Crippen LogP contribution is 2.31. The number of nitrogens with two attached hydrogens (primary N) is 1. The Kier molecular flexibility index (Phi) is 5.09. The second kappa shape index (κ2) is 7.61. The number of aromatic hydroxyl groups is 1. The first-order valence-corrected chi connectivity index (χ1v) is 8.27. The summed E-state index contributed by atoms with van der Waals surface area (Å²) in [6, 6.07) is 11.4. The van der Waals surface area contributed by atoms with Crippen LogP contribution in [0.1, 0.15) is 12.0 Å². The second-order valence-corrected chi connectivity index (χ2v) is 6.01. The van der Waals surface area contributed by atoms with E-state index in [1.807, 2.05) is 49.8 Å². The molecule has 3 aromatic rings. The van der Waals surface area contributed by atoms with Crippen molar-refractivity contribution in [2.24, 2.45) is 0 Å². The summed E-state index contributed by atoms with van der Waals surface area (Å²) < 4.78 is 2.07. The van der Waals surface area contributed by atoms with Crippen molar-refractivity contribution in [3.05, 3.63) is 60.7 Å². The Labute approximate surface area is 147 Å². The molecule has 0 aliphatic heterocycles. The van der Waals surface area contributed by atoms with Gasteiger partial charge >= 0.3 is 0 Å². The third-order valence-electron chi connectivity index (χ3n) is 4.03. The molecule has 0 fully saturated rings. The van der Waals surface area contributed by atoms with Crippen molar-refractivity contribution in [3.8, 4) is 5.75 Å². The maximum Gasteiger partial charge on any atom is 0.141 e. The van der Waals surface area contributed by atoms with Crippen LogP contribution in [0, 0.1) is 6.92 Å². The molecule has 0 amide bonds. The Balaban J connectivity index is 1.52. The highest BCUT2D eigenvalue weighted by Gasteiger charge is 2.05. The molecule has 0 aliphatic rings. The Morgan fingerprint density at radius 3 is 2.64 bits per heavy atom. The Bertz CT molecular complexity index is 813. The summed E-state index contributed by atoms with van der Waals surface area (Å²) in [6.07, 6.45) is 6.61. The molecule has 0 saturated heterocycles. The molecule has 0 aliphatic carbocycles. The first-order valence-electron chi connectivity index (χ1n) is 8.27. The van der Waals surface area contributed by atoms with Gasteiger partial charge in [-0.3, -0.25) is 0 Å². The quantitative estimate of drug-likeness (QED) is 0.300. The lowest BCUT2D eigenvalue weighted by Gasteiger charge is -2.12. The number of imidazole rings is 1. The van der Waals surface area contributed by atoms with Gasteiger partial charge in [-0.15, -0.1) is 0 Å². The highest BCUT2D eigenvalue weighted by atomic mass is 16.3. The van der Waals surface area contributed by atoms with Crippen molar-refractivity contribution >= 4 is 22.7 Å². The van der Waals surface area contributed by atoms with E-state index in [4.69, 9.17) is 5.73 Å². The van der Waals surface area contributed by atoms with Crippen molar-refractivity contribution in [1.29, 1.82) is 0 Å². The first-order chi connectivity index (χ1) is 12.1. The van der Waals surface area contributed by atoms with Crippen LogP contribution in [0.2, 0.25) is 0 Å². The second-order valence-electron chi connectivity index (χ2n) is 6.01. The molecule has 6 nitrogen and oxygen atoms in total. The van der Waals surface area contributed by atoms with Gasteiger partial charge in [-0.2, -0.15) is 0 Å². The van der Waals surface area contributed by atoms with Gasteiger partial charge < -0.3 is 26.0 Å². The van der Waals surface area contributed by atoms with E-state index < -0.39 is 0 Å². The number of nitrogen functional groups attached to an aromatic ring is 1. The number of phenolic OH excluding ortho intramolecular Hbond substituents is 1. The van der Waals surface area contributed by atoms with E-state index in [-0.39, 0.29) is 5.75 Å². The zero-order valence-corrected chi connectivity index (χ0v) is 14.2. The van der Waals surface area contributed by atoms with Crippen LogP contribution in [0.5, 0.6) is 5.75 Å². The molecule has 0 bridgehead atoms. The Morgan fingerprint density at radius 2 is 1.92 bits per heavy atom. The number of rotatable bonds is 7. The normalized spacial score (nSPS) is 10.6. The number of aryl methyl sites for hydroxylation is 2. The average molecular weight is 337 g/mol. The third kappa shape index (κ3) is 4.44. The number of nitrogens with one attached hydrogen (secondary N) is 2. The number of phenols is 1. The van der Waals surface area contributed by atoms with Crippen molar-refractivity contribution in [1.82, 2.24) is 9.55 Å². The number of hydrogen-bond donors (Lipinski definition) is 4. The van der Waals surface area contributed by atoms with Crippen LogP contribution in [-0.4, -0.2) is 21.2 Å². The van der Waals surface area contributed by atoms with Crippen LogP contribution in [0.15, 0.2) is 55.1 Å². The van der Waals surface area contributed by atoms with Crippen molar-refractivity contribution < 1.29 is 5.11 Å². The van der Waals surface area contributed by atoms with Crippen LogP contribution in [0.3, 0.4) is 0 Å². The molecule has 0 saturated carbocycles. The number of anilines is 4. The molecule has 0 radical (unpaired) electrons. The smallest absolute Gasteiger partial charge is 0.141 e. The number of aromatic nitrogens is 2. The molecular weight excluding hydrogens is 314 g/mol. The van der Waals surface area contributed by atoms with Crippen LogP contribution in [-0.2, 0) is 6.54 Å². The molecule has 1 heterocycles. The fraction of sp³-hybridized carbons (Fsp3) is 0.211. The summed E-state index contributed by atoms with van der Waals surface area (Å²) in [5, 5.41) is 16.6. The van der Waals surface area contributed by atoms with Gasteiger partial charge in [0.15, 0.2) is 0 Å². The van der Waals surface area contributed by atoms with Gasteiger partial charge in [0, 0.05) is 48.6 Å². The first kappa shape index (κ1) is 16.7. The molecule has 5 N–H and O–H groups in total. The number of benzene rings is 2. The van der Waals surface area contributed by atoms with Gasteiger partial charge in [0.1, 0.15) is 5.75 Å². The van der Waals surface area contributed by atoms with E-state index in [1.165, 1.54) is 0 Å². The zero-order chi connectivity index (χ0) is 17.6. The maximum atomic E-state index is 9.99. The van der Waals surface area contributed by atoms with Gasteiger partial charge in [-0.05, 0) is 49.2 Å². The van der Waals surface area contributed by atoms with E-state index in [0.717, 1.165) is 36.4 Å². The summed E-state index contributed by atoms with van der Waals surface area (Å²) in [6.45, 7) is 3.75. The van der Waals surface area contributed by atoms with E-state index in [1.54, 1.807) is 12.3 Å². The summed E-state index contributed by atoms with van der Waals surface area (Å²) in [5.74, 6) is 0.143. The summed E-state index contributed by atoms with van der Waals surface area (Å²) in [7, 11) is 0. The molecule has 6 heteroatoms. The van der Waals surface area contributed by atoms with Crippen LogP contribution >= 0.6 is 0 Å². The minimum Gasteiger partial charge on any atom is -0.506 e. The fourth-order valence-corrected chi connectivity index (χ4v) is 2.55. The van der Waals surface area contributed by atoms with Crippen molar-refractivity contribution in [2.45, 2.75) is 19.9 Å². The standard InChI is InChI=1S/C19H23N5O/c1-14-11-18(19(25)12-17(14)20)23-16-5-3-15(4-6-16)22-7-2-9-24-10-8-21-13-24/h3-6,8,10-13,22-23,25H,2,7,9,20H2,1H3. The van der Waals surface area contributed by atoms with E-state index in [0.29, 0.717) is 11.4 Å². The third-order valence-corrected chi connectivity index (χ3v) is 4.03. The monoisotopic (exact) mass is 337 g/mol. The maximum absolute atomic E-state index is 9.99. The van der Waals surface area contributed by atoms with Gasteiger partial charge in [0.05, 0.1) is 12.0 Å². The van der Waals surface area contributed by atoms with Gasteiger partial charge in [-0.25, -0.2) is 4.98 Å². The highest BCUT2D eigenvalue weighted by molar-refractivity contribution is 5.71. The van der Waals surface area contributed by atoms with Crippen molar-refractivity contribution in [3.63, 3.8) is 0 Å². The van der Waals surface area contributed by atoms with Crippen LogP contribution < -0.4 is 16.4 Å². The fourth-order valence-electron chi connectivity index (χ4n) is 2.55. The van der Waals surface area contributed by atoms with E-state index in [9.17, 15) is 5.11 Å². The summed E-state index contributed by atoms with van der Waals surface area (Å²) in [5.41, 5.74) is 9.92. The molecule has 0 spiro atoms. The predicted molar refractivity (Wildman–Crippen MR) is 102 cm³/mol. The molecule has 2 aromatic carbocycles. The van der Waals surface area contributed by atoms with Gasteiger partial charge in [-0.1, -0.05) is 0 Å². The van der Waals surface area contributed by atoms with E-state index in [2.05, 4.69) is 20.2 Å². The number of nitrogens with zero attached hydrogens (tertiary/aromatic N) is 2. The van der Waals surface area contributed by atoms with Crippen molar-refractivity contribution in [2.75, 3.05) is 22.9 Å². The molecule has 130 valence electrons. The van der Waals surface area contributed by atoms with E-state index >= 15 is 0 Å². The lowest BCUT2D eigenvalue weighted by molar-refractivity contribution is 0.478. The lowest BCUT2D eigenvalue weighted by atomic mass is 10.1. The van der Waals surface area contributed by atoms with Crippen LogP contribution in [0.4, 0.5) is 22.7 Å². The van der Waals surface area contributed by atoms with Gasteiger partial charge in [0.25, 0.3) is 0 Å². The number of hydrogen-bond acceptors (Lipinski definition) is 5. The summed E-state index contributed by atoms with van der Waals surface area (Å²) in [4.78, 5) is 4.03. The molecule has 0 unspecified atom stereocenters. The molecule has 25 heavy (non-hydrogen) atoms. The van der Waals surface area contributed by atoms with Crippen LogP contribution in [0.25, 0.3) is 0 Å². The lowest BCUT2D eigenvalue weighted by Crippen LogP contribution is -2.05. The molecular formula is C19H23N5O. The zero-order valence-electron chi connectivity index (χ0n) is 14.2. The topological polar surface area (TPSA) is 88.1 Å². The predicted octanol–water partition coefficient (Wildman–Crippen LogP) is 3.73. The minimum absolute atomic E-state index is 0.143.